The van der Waals surface area contributed by atoms with Crippen LogP contribution in [0.1, 0.15) is 40.0 Å². The number of nitrogens with zero attached hydrogens (tertiary/aromatic N) is 1. The Bertz CT molecular complexity index is 207. The molecule has 0 aromatic carbocycles. The molecule has 1 saturated carbocycles. The van der Waals surface area contributed by atoms with Crippen molar-refractivity contribution in [2.75, 3.05) is 0 Å². The predicted octanol–water partition coefficient (Wildman–Crippen LogP) is 3.59. The SMILES string of the molecule is C=CC(=C)N1C2CC(C)CC1C2.CC. The third-order valence-electron chi connectivity index (χ3n) is 3.25. The lowest BCUT2D eigenvalue weighted by Gasteiger charge is -2.56. The third kappa shape index (κ3) is 1.87. The Morgan fingerprint density at radius 2 is 1.71 bits per heavy atom. The molecule has 1 nitrogen and oxygen atoms in total. The Morgan fingerprint density at radius 3 is 2.14 bits per heavy atom. The van der Waals surface area contributed by atoms with E-state index in [0.29, 0.717) is 0 Å². The first-order chi connectivity index (χ1) is 6.72. The predicted molar refractivity (Wildman–Crippen MR) is 63.1 cm³/mol. The fourth-order valence-corrected chi connectivity index (χ4v) is 2.72. The van der Waals surface area contributed by atoms with Crippen molar-refractivity contribution in [3.63, 3.8) is 0 Å². The monoisotopic (exact) mass is 193 g/mol. The van der Waals surface area contributed by atoms with Crippen molar-refractivity contribution in [2.24, 2.45) is 5.92 Å². The van der Waals surface area contributed by atoms with Crippen LogP contribution in [0.4, 0.5) is 0 Å². The largest absolute Gasteiger partial charge is 0.366 e. The van der Waals surface area contributed by atoms with Gasteiger partial charge in [0.15, 0.2) is 0 Å². The van der Waals surface area contributed by atoms with Gasteiger partial charge < -0.3 is 4.90 Å². The maximum Gasteiger partial charge on any atom is 0.0314 e. The summed E-state index contributed by atoms with van der Waals surface area (Å²) in [5, 5.41) is 0. The molecular weight excluding hydrogens is 170 g/mol. The van der Waals surface area contributed by atoms with Gasteiger partial charge in [-0.3, -0.25) is 0 Å². The molecule has 2 unspecified atom stereocenters. The topological polar surface area (TPSA) is 3.24 Å². The second-order valence-electron chi connectivity index (χ2n) is 4.22. The van der Waals surface area contributed by atoms with Gasteiger partial charge in [-0.05, 0) is 31.3 Å². The Morgan fingerprint density at radius 1 is 1.21 bits per heavy atom. The van der Waals surface area contributed by atoms with Gasteiger partial charge in [0.1, 0.15) is 0 Å². The minimum Gasteiger partial charge on any atom is -0.366 e. The molecule has 3 rings (SSSR count). The van der Waals surface area contributed by atoms with E-state index >= 15 is 0 Å². The Hall–Kier alpha value is -0.720. The molecule has 2 bridgehead atoms. The van der Waals surface area contributed by atoms with Gasteiger partial charge in [0.2, 0.25) is 0 Å². The minimum atomic E-state index is 0.782. The van der Waals surface area contributed by atoms with Crippen LogP contribution in [-0.4, -0.2) is 17.0 Å². The van der Waals surface area contributed by atoms with E-state index in [-0.39, 0.29) is 0 Å². The molecule has 3 aliphatic rings. The highest BCUT2D eigenvalue weighted by molar-refractivity contribution is 5.18. The van der Waals surface area contributed by atoms with Crippen molar-refractivity contribution in [1.82, 2.24) is 4.90 Å². The molecule has 2 heterocycles. The summed E-state index contributed by atoms with van der Waals surface area (Å²) in [5.74, 6) is 0.919. The Kier molecular flexibility index (Phi) is 3.79. The number of hydrogen-bond donors (Lipinski definition) is 0. The third-order valence-corrected chi connectivity index (χ3v) is 3.25. The smallest absolute Gasteiger partial charge is 0.0314 e. The van der Waals surface area contributed by atoms with Crippen LogP contribution >= 0.6 is 0 Å². The van der Waals surface area contributed by atoms with E-state index in [0.717, 1.165) is 23.7 Å². The van der Waals surface area contributed by atoms with E-state index in [9.17, 15) is 0 Å². The Labute approximate surface area is 88.5 Å². The van der Waals surface area contributed by atoms with E-state index in [1.54, 1.807) is 0 Å². The van der Waals surface area contributed by atoms with Crippen molar-refractivity contribution in [1.29, 1.82) is 0 Å². The van der Waals surface area contributed by atoms with Crippen LogP contribution in [0.25, 0.3) is 0 Å². The molecule has 2 aliphatic heterocycles. The van der Waals surface area contributed by atoms with Gasteiger partial charge in [-0.1, -0.05) is 33.9 Å². The van der Waals surface area contributed by atoms with E-state index in [2.05, 4.69) is 25.0 Å². The van der Waals surface area contributed by atoms with E-state index < -0.39 is 0 Å². The fourth-order valence-electron chi connectivity index (χ4n) is 2.72. The lowest BCUT2D eigenvalue weighted by molar-refractivity contribution is -0.0146. The van der Waals surface area contributed by atoms with Gasteiger partial charge in [-0.15, -0.1) is 0 Å². The van der Waals surface area contributed by atoms with Crippen molar-refractivity contribution < 1.29 is 0 Å². The second kappa shape index (κ2) is 4.68. The van der Waals surface area contributed by atoms with Crippen molar-refractivity contribution in [2.45, 2.75) is 52.1 Å². The van der Waals surface area contributed by atoms with Gasteiger partial charge in [0, 0.05) is 17.8 Å². The average molecular weight is 193 g/mol. The van der Waals surface area contributed by atoms with Crippen LogP contribution in [-0.2, 0) is 0 Å². The molecule has 0 aromatic heterocycles. The molecule has 0 N–H and O–H groups in total. The second-order valence-corrected chi connectivity index (χ2v) is 4.22. The molecule has 1 heteroatoms. The molecule has 0 spiro atoms. The van der Waals surface area contributed by atoms with Crippen LogP contribution in [0, 0.1) is 5.92 Å². The molecule has 14 heavy (non-hydrogen) atoms. The zero-order chi connectivity index (χ0) is 10.7. The lowest BCUT2D eigenvalue weighted by atomic mass is 9.74. The van der Waals surface area contributed by atoms with Crippen LogP contribution in [0.15, 0.2) is 24.9 Å². The quantitative estimate of drug-likeness (QED) is 0.606. The number of rotatable bonds is 2. The van der Waals surface area contributed by atoms with Gasteiger partial charge in [0.25, 0.3) is 0 Å². The maximum absolute atomic E-state index is 4.01. The number of hydrogen-bond acceptors (Lipinski definition) is 1. The van der Waals surface area contributed by atoms with Crippen molar-refractivity contribution >= 4 is 0 Å². The highest BCUT2D eigenvalue weighted by Crippen LogP contribution is 2.43. The summed E-state index contributed by atoms with van der Waals surface area (Å²) >= 11 is 0. The first-order valence-electron chi connectivity index (χ1n) is 5.82. The first-order valence-corrected chi connectivity index (χ1v) is 5.82. The zero-order valence-corrected chi connectivity index (χ0v) is 9.79. The number of fused-ring (bicyclic) bond motifs is 2. The molecule has 80 valence electrons. The van der Waals surface area contributed by atoms with E-state index in [1.165, 1.54) is 19.3 Å². The highest BCUT2D eigenvalue weighted by Gasteiger charge is 2.43. The van der Waals surface area contributed by atoms with Crippen molar-refractivity contribution in [3.8, 4) is 0 Å². The molecule has 1 aliphatic carbocycles. The van der Waals surface area contributed by atoms with E-state index in [1.807, 2.05) is 19.9 Å². The summed E-state index contributed by atoms with van der Waals surface area (Å²) in [6.45, 7) is 14.1. The van der Waals surface area contributed by atoms with Crippen LogP contribution in [0.3, 0.4) is 0 Å². The van der Waals surface area contributed by atoms with Gasteiger partial charge in [-0.2, -0.15) is 0 Å². The molecular formula is C13H23N. The number of piperidine rings is 1. The standard InChI is InChI=1S/C11H17N.C2H6/c1-4-9(3)12-10-5-8(2)6-11(12)7-10;1-2/h4,8,10-11H,1,3,5-7H2,2H3;1-2H3. The summed E-state index contributed by atoms with van der Waals surface area (Å²) in [6.07, 6.45) is 5.97. The van der Waals surface area contributed by atoms with Crippen LogP contribution in [0.5, 0.6) is 0 Å². The lowest BCUT2D eigenvalue weighted by Crippen LogP contribution is -2.59. The molecule has 0 aromatic rings. The van der Waals surface area contributed by atoms with E-state index in [4.69, 9.17) is 0 Å². The van der Waals surface area contributed by atoms with Crippen LogP contribution in [0.2, 0.25) is 0 Å². The summed E-state index contributed by atoms with van der Waals surface area (Å²) in [4.78, 5) is 2.45. The summed E-state index contributed by atoms with van der Waals surface area (Å²) in [7, 11) is 0. The van der Waals surface area contributed by atoms with Crippen LogP contribution < -0.4 is 0 Å². The maximum atomic E-state index is 4.01. The highest BCUT2D eigenvalue weighted by atomic mass is 15.3. The first kappa shape index (κ1) is 11.4. The average Bonchev–Trinajstić information content (AvgIpc) is 2.20. The Balaban J connectivity index is 0.000000461. The van der Waals surface area contributed by atoms with Crippen molar-refractivity contribution in [3.05, 3.63) is 24.9 Å². The molecule has 3 fully saturated rings. The molecule has 0 amide bonds. The molecule has 2 saturated heterocycles. The molecule has 0 radical (unpaired) electrons. The normalized spacial score (nSPS) is 33.6. The fraction of sp³-hybridized carbons (Fsp3) is 0.692. The minimum absolute atomic E-state index is 0.782. The summed E-state index contributed by atoms with van der Waals surface area (Å²) < 4.78 is 0. The van der Waals surface area contributed by atoms with Gasteiger partial charge >= 0.3 is 0 Å². The van der Waals surface area contributed by atoms with Gasteiger partial charge in [0.05, 0.1) is 0 Å². The summed E-state index contributed by atoms with van der Waals surface area (Å²) in [6, 6.07) is 1.56. The summed E-state index contributed by atoms with van der Waals surface area (Å²) in [5.41, 5.74) is 1.13. The number of allylic oxidation sites excluding steroid dienone is 1. The zero-order valence-electron chi connectivity index (χ0n) is 9.79. The van der Waals surface area contributed by atoms with Gasteiger partial charge in [-0.25, -0.2) is 0 Å². The molecule has 2 atom stereocenters.